The number of rotatable bonds is 6. The van der Waals surface area contributed by atoms with Gasteiger partial charge in [-0.1, -0.05) is 30.3 Å². The smallest absolute Gasteiger partial charge is 0.410 e. The number of likely N-dealkylation sites (N-methyl/N-ethyl adjacent to an activating group) is 1. The summed E-state index contributed by atoms with van der Waals surface area (Å²) >= 11 is 0. The van der Waals surface area contributed by atoms with Gasteiger partial charge in [-0.3, -0.25) is 9.69 Å². The Morgan fingerprint density at radius 1 is 1.25 bits per heavy atom. The highest BCUT2D eigenvalue weighted by Crippen LogP contribution is 2.31. The normalized spacial score (nSPS) is 23.1. The van der Waals surface area contributed by atoms with Crippen molar-refractivity contribution >= 4 is 12.0 Å². The molecule has 6 nitrogen and oxygen atoms in total. The van der Waals surface area contributed by atoms with Crippen molar-refractivity contribution in [2.45, 2.75) is 38.0 Å². The lowest BCUT2D eigenvalue weighted by molar-refractivity contribution is -0.124. The Kier molecular flexibility index (Phi) is 5.35. The molecule has 2 atom stereocenters. The summed E-state index contributed by atoms with van der Waals surface area (Å²) in [4.78, 5) is 26.0. The first-order chi connectivity index (χ1) is 11.7. The van der Waals surface area contributed by atoms with Crippen LogP contribution in [0.4, 0.5) is 4.79 Å². The Hall–Kier alpha value is -2.08. The number of hydrogen-bond acceptors (Lipinski definition) is 4. The van der Waals surface area contributed by atoms with E-state index in [1.165, 1.54) is 17.7 Å². The summed E-state index contributed by atoms with van der Waals surface area (Å²) in [5.74, 6) is 0.478. The van der Waals surface area contributed by atoms with Gasteiger partial charge in [-0.25, -0.2) is 4.79 Å². The number of hydrogen-bond donors (Lipinski definition) is 1. The van der Waals surface area contributed by atoms with E-state index < -0.39 is 12.1 Å². The molecule has 0 bridgehead atoms. The van der Waals surface area contributed by atoms with Crippen LogP contribution in [0.25, 0.3) is 0 Å². The van der Waals surface area contributed by atoms with Crippen LogP contribution < -0.4 is 5.32 Å². The van der Waals surface area contributed by atoms with Crippen LogP contribution >= 0.6 is 0 Å². The average Bonchev–Trinajstić information content (AvgIpc) is 3.35. The highest BCUT2D eigenvalue weighted by atomic mass is 16.6. The van der Waals surface area contributed by atoms with Crippen molar-refractivity contribution in [2.75, 3.05) is 20.2 Å². The second kappa shape index (κ2) is 7.66. The molecule has 2 amide bonds. The van der Waals surface area contributed by atoms with Crippen LogP contribution in [0.5, 0.6) is 0 Å². The van der Waals surface area contributed by atoms with Crippen LogP contribution in [0.2, 0.25) is 0 Å². The molecule has 1 aromatic rings. The third-order valence-electron chi connectivity index (χ3n) is 4.52. The standard InChI is InChI=1S/C18H24N2O4/c1-19-17(21)16-9-15(23-11-14-7-8-14)10-20(16)18(22)24-12-13-5-3-2-4-6-13/h2-6,14-16H,7-12H2,1H3,(H,19,21). The molecule has 1 aromatic carbocycles. The molecule has 6 heteroatoms. The number of carbonyl (C=O) groups is 2. The summed E-state index contributed by atoms with van der Waals surface area (Å²) in [5.41, 5.74) is 0.920. The summed E-state index contributed by atoms with van der Waals surface area (Å²) in [6.07, 6.45) is 2.39. The lowest BCUT2D eigenvalue weighted by Gasteiger charge is -2.22. The number of likely N-dealkylation sites (tertiary alicyclic amines) is 1. The highest BCUT2D eigenvalue weighted by molar-refractivity contribution is 5.86. The number of carbonyl (C=O) groups excluding carboxylic acids is 2. The van der Waals surface area contributed by atoms with Gasteiger partial charge in [-0.05, 0) is 24.3 Å². The van der Waals surface area contributed by atoms with Crippen molar-refractivity contribution in [1.29, 1.82) is 0 Å². The van der Waals surface area contributed by atoms with Crippen LogP contribution in [-0.2, 0) is 20.9 Å². The van der Waals surface area contributed by atoms with Gasteiger partial charge in [0.1, 0.15) is 12.6 Å². The zero-order valence-electron chi connectivity index (χ0n) is 13.9. The van der Waals surface area contributed by atoms with E-state index in [1.807, 2.05) is 30.3 Å². The summed E-state index contributed by atoms with van der Waals surface area (Å²) in [6.45, 7) is 1.32. The molecule has 130 valence electrons. The van der Waals surface area contributed by atoms with Gasteiger partial charge in [0.05, 0.1) is 12.6 Å². The van der Waals surface area contributed by atoms with E-state index in [2.05, 4.69) is 5.32 Å². The van der Waals surface area contributed by atoms with Gasteiger partial charge in [0, 0.05) is 20.1 Å². The topological polar surface area (TPSA) is 67.9 Å². The second-order valence-electron chi connectivity index (χ2n) is 6.46. The first-order valence-electron chi connectivity index (χ1n) is 8.48. The number of benzene rings is 1. The Bertz CT molecular complexity index is 574. The predicted octanol–water partition coefficient (Wildman–Crippen LogP) is 1.94. The fourth-order valence-electron chi connectivity index (χ4n) is 2.89. The molecule has 2 aliphatic rings. The molecular formula is C18H24N2O4. The Labute approximate surface area is 142 Å². The monoisotopic (exact) mass is 332 g/mol. The molecule has 24 heavy (non-hydrogen) atoms. The molecule has 1 aliphatic heterocycles. The molecule has 1 N–H and O–H groups in total. The van der Waals surface area contributed by atoms with E-state index in [-0.39, 0.29) is 18.6 Å². The van der Waals surface area contributed by atoms with E-state index in [4.69, 9.17) is 9.47 Å². The molecule has 2 unspecified atom stereocenters. The zero-order valence-corrected chi connectivity index (χ0v) is 13.9. The Morgan fingerprint density at radius 2 is 2.00 bits per heavy atom. The fraction of sp³-hybridized carbons (Fsp3) is 0.556. The third kappa shape index (κ3) is 4.26. The number of nitrogens with one attached hydrogen (secondary N) is 1. The van der Waals surface area contributed by atoms with E-state index in [0.29, 0.717) is 18.9 Å². The zero-order chi connectivity index (χ0) is 16.9. The average molecular weight is 332 g/mol. The summed E-state index contributed by atoms with van der Waals surface area (Å²) < 4.78 is 11.2. The Balaban J connectivity index is 1.57. The molecule has 1 saturated carbocycles. The second-order valence-corrected chi connectivity index (χ2v) is 6.46. The molecule has 2 fully saturated rings. The van der Waals surface area contributed by atoms with Gasteiger partial charge in [0.25, 0.3) is 0 Å². The van der Waals surface area contributed by atoms with Crippen LogP contribution in [0.15, 0.2) is 30.3 Å². The van der Waals surface area contributed by atoms with E-state index >= 15 is 0 Å². The van der Waals surface area contributed by atoms with Crippen molar-refractivity contribution in [3.05, 3.63) is 35.9 Å². The molecule has 3 rings (SSSR count). The summed E-state index contributed by atoms with van der Waals surface area (Å²) in [7, 11) is 1.58. The van der Waals surface area contributed by atoms with Crippen LogP contribution in [0.1, 0.15) is 24.8 Å². The largest absolute Gasteiger partial charge is 0.445 e. The SMILES string of the molecule is CNC(=O)C1CC(OCC2CC2)CN1C(=O)OCc1ccccc1. The van der Waals surface area contributed by atoms with Crippen molar-refractivity contribution in [2.24, 2.45) is 5.92 Å². The highest BCUT2D eigenvalue weighted by Gasteiger charge is 2.41. The number of ether oxygens (including phenoxy) is 2. The molecule has 0 aromatic heterocycles. The van der Waals surface area contributed by atoms with Gasteiger partial charge in [-0.15, -0.1) is 0 Å². The maximum absolute atomic E-state index is 12.4. The molecule has 1 aliphatic carbocycles. The van der Waals surface area contributed by atoms with Crippen molar-refractivity contribution < 1.29 is 19.1 Å². The van der Waals surface area contributed by atoms with Gasteiger partial charge in [-0.2, -0.15) is 0 Å². The minimum absolute atomic E-state index is 0.0998. The van der Waals surface area contributed by atoms with E-state index in [1.54, 1.807) is 7.05 Å². The van der Waals surface area contributed by atoms with E-state index in [9.17, 15) is 9.59 Å². The predicted molar refractivity (Wildman–Crippen MR) is 88.3 cm³/mol. The molecule has 0 radical (unpaired) electrons. The fourth-order valence-corrected chi connectivity index (χ4v) is 2.89. The van der Waals surface area contributed by atoms with Gasteiger partial charge in [0.15, 0.2) is 0 Å². The number of amides is 2. The Morgan fingerprint density at radius 3 is 2.67 bits per heavy atom. The minimum atomic E-state index is -0.525. The lowest BCUT2D eigenvalue weighted by atomic mass is 10.2. The summed E-state index contributed by atoms with van der Waals surface area (Å²) in [5, 5.41) is 2.62. The van der Waals surface area contributed by atoms with Gasteiger partial charge >= 0.3 is 6.09 Å². The van der Waals surface area contributed by atoms with Crippen LogP contribution in [0, 0.1) is 5.92 Å². The van der Waals surface area contributed by atoms with Crippen molar-refractivity contribution in [3.8, 4) is 0 Å². The number of nitrogens with zero attached hydrogens (tertiary/aromatic N) is 1. The van der Waals surface area contributed by atoms with Crippen LogP contribution in [-0.4, -0.2) is 49.2 Å². The van der Waals surface area contributed by atoms with Crippen molar-refractivity contribution in [3.63, 3.8) is 0 Å². The van der Waals surface area contributed by atoms with Gasteiger partial charge in [0.2, 0.25) is 5.91 Å². The molecule has 1 heterocycles. The molecular weight excluding hydrogens is 308 g/mol. The van der Waals surface area contributed by atoms with Crippen molar-refractivity contribution in [1.82, 2.24) is 10.2 Å². The minimum Gasteiger partial charge on any atom is -0.445 e. The van der Waals surface area contributed by atoms with Crippen LogP contribution in [0.3, 0.4) is 0 Å². The quantitative estimate of drug-likeness (QED) is 0.864. The van der Waals surface area contributed by atoms with Gasteiger partial charge < -0.3 is 14.8 Å². The van der Waals surface area contributed by atoms with E-state index in [0.717, 1.165) is 12.2 Å². The molecule has 1 saturated heterocycles. The first kappa shape index (κ1) is 16.8. The molecule has 0 spiro atoms. The lowest BCUT2D eigenvalue weighted by Crippen LogP contribution is -2.45. The maximum atomic E-state index is 12.4. The summed E-state index contributed by atoms with van der Waals surface area (Å²) in [6, 6.07) is 8.98. The maximum Gasteiger partial charge on any atom is 0.410 e. The first-order valence-corrected chi connectivity index (χ1v) is 8.48. The third-order valence-corrected chi connectivity index (χ3v) is 4.52.